The molecule has 0 saturated heterocycles. The van der Waals surface area contributed by atoms with Crippen LogP contribution in [0, 0.1) is 6.92 Å². The second-order valence-corrected chi connectivity index (χ2v) is 6.30. The molecule has 0 amide bonds. The standard InChI is InChI=1S/C14H18Br2N4/c1-4-8-17-12(13-14(16)18-19-20(13)3)10-7-5-6-9(2)11(10)15/h5-7,12,17H,4,8H2,1-3H3. The minimum atomic E-state index is 0.0543. The average molecular weight is 402 g/mol. The molecule has 0 aliphatic rings. The van der Waals surface area contributed by atoms with E-state index in [2.05, 4.69) is 79.5 Å². The molecule has 0 bridgehead atoms. The molecule has 20 heavy (non-hydrogen) atoms. The van der Waals surface area contributed by atoms with Gasteiger partial charge in [-0.3, -0.25) is 0 Å². The van der Waals surface area contributed by atoms with Gasteiger partial charge < -0.3 is 5.32 Å². The third-order valence-electron chi connectivity index (χ3n) is 3.23. The highest BCUT2D eigenvalue weighted by atomic mass is 79.9. The number of nitrogens with one attached hydrogen (secondary N) is 1. The summed E-state index contributed by atoms with van der Waals surface area (Å²) in [6, 6.07) is 6.36. The van der Waals surface area contributed by atoms with E-state index in [0.29, 0.717) is 0 Å². The Morgan fingerprint density at radius 1 is 1.35 bits per heavy atom. The normalized spacial score (nSPS) is 12.7. The zero-order valence-corrected chi connectivity index (χ0v) is 15.0. The molecule has 0 spiro atoms. The van der Waals surface area contributed by atoms with Gasteiger partial charge in [-0.25, -0.2) is 4.68 Å². The van der Waals surface area contributed by atoms with Gasteiger partial charge in [0.1, 0.15) is 0 Å². The molecule has 0 aliphatic carbocycles. The summed E-state index contributed by atoms with van der Waals surface area (Å²) in [7, 11) is 1.91. The smallest absolute Gasteiger partial charge is 0.153 e. The molecule has 2 rings (SSSR count). The van der Waals surface area contributed by atoms with Crippen LogP contribution in [0.2, 0.25) is 0 Å². The fourth-order valence-corrected chi connectivity index (χ4v) is 3.23. The van der Waals surface area contributed by atoms with Crippen LogP contribution < -0.4 is 5.32 Å². The highest BCUT2D eigenvalue weighted by Gasteiger charge is 2.23. The Morgan fingerprint density at radius 3 is 2.70 bits per heavy atom. The Kier molecular flexibility index (Phi) is 5.35. The van der Waals surface area contributed by atoms with E-state index in [4.69, 9.17) is 0 Å². The lowest BCUT2D eigenvalue weighted by Gasteiger charge is -2.21. The molecule has 1 aromatic carbocycles. The summed E-state index contributed by atoms with van der Waals surface area (Å²) in [5.74, 6) is 0. The minimum Gasteiger partial charge on any atom is -0.305 e. The number of aromatic nitrogens is 3. The Balaban J connectivity index is 2.50. The van der Waals surface area contributed by atoms with Gasteiger partial charge in [0.2, 0.25) is 0 Å². The van der Waals surface area contributed by atoms with Crippen molar-refractivity contribution in [2.75, 3.05) is 6.54 Å². The molecule has 2 aromatic rings. The van der Waals surface area contributed by atoms with Gasteiger partial charge in [-0.1, -0.05) is 46.3 Å². The van der Waals surface area contributed by atoms with Gasteiger partial charge in [0.05, 0.1) is 11.7 Å². The van der Waals surface area contributed by atoms with Crippen molar-refractivity contribution in [3.8, 4) is 0 Å². The number of aryl methyl sites for hydroxylation is 2. The molecule has 0 aliphatic heterocycles. The van der Waals surface area contributed by atoms with Gasteiger partial charge in [0.25, 0.3) is 0 Å². The van der Waals surface area contributed by atoms with Crippen LogP contribution in [0.5, 0.6) is 0 Å². The number of hydrogen-bond acceptors (Lipinski definition) is 3. The lowest BCUT2D eigenvalue weighted by atomic mass is 10.0. The molecule has 0 saturated carbocycles. The second kappa shape index (κ2) is 6.83. The van der Waals surface area contributed by atoms with E-state index in [1.54, 1.807) is 0 Å². The highest BCUT2D eigenvalue weighted by molar-refractivity contribution is 9.10. The summed E-state index contributed by atoms with van der Waals surface area (Å²) in [6.45, 7) is 5.19. The van der Waals surface area contributed by atoms with Crippen molar-refractivity contribution in [1.82, 2.24) is 20.3 Å². The largest absolute Gasteiger partial charge is 0.305 e. The van der Waals surface area contributed by atoms with Gasteiger partial charge >= 0.3 is 0 Å². The van der Waals surface area contributed by atoms with E-state index in [1.807, 2.05) is 11.7 Å². The zero-order valence-electron chi connectivity index (χ0n) is 11.8. The van der Waals surface area contributed by atoms with E-state index in [0.717, 1.165) is 27.7 Å². The number of halogens is 2. The molecule has 1 heterocycles. The van der Waals surface area contributed by atoms with Crippen LogP contribution in [0.3, 0.4) is 0 Å². The van der Waals surface area contributed by atoms with Crippen LogP contribution in [0.1, 0.15) is 36.2 Å². The van der Waals surface area contributed by atoms with Crippen LogP contribution >= 0.6 is 31.9 Å². The third-order valence-corrected chi connectivity index (χ3v) is 4.88. The molecule has 4 nitrogen and oxygen atoms in total. The van der Waals surface area contributed by atoms with Crippen molar-refractivity contribution < 1.29 is 0 Å². The minimum absolute atomic E-state index is 0.0543. The number of nitrogens with zero attached hydrogens (tertiary/aromatic N) is 3. The van der Waals surface area contributed by atoms with Crippen LogP contribution in [-0.2, 0) is 7.05 Å². The summed E-state index contributed by atoms with van der Waals surface area (Å²) < 4.78 is 3.72. The molecule has 1 atom stereocenters. The van der Waals surface area contributed by atoms with Gasteiger partial charge in [-0.2, -0.15) is 0 Å². The first-order valence-electron chi connectivity index (χ1n) is 6.59. The van der Waals surface area contributed by atoms with Crippen LogP contribution in [0.4, 0.5) is 0 Å². The van der Waals surface area contributed by atoms with E-state index in [-0.39, 0.29) is 6.04 Å². The predicted octanol–water partition coefficient (Wildman–Crippen LogP) is 3.74. The highest BCUT2D eigenvalue weighted by Crippen LogP contribution is 2.33. The van der Waals surface area contributed by atoms with Crippen molar-refractivity contribution in [1.29, 1.82) is 0 Å². The SMILES string of the molecule is CCCNC(c1cccc(C)c1Br)c1c(Br)nnn1C. The van der Waals surface area contributed by atoms with E-state index < -0.39 is 0 Å². The first-order chi connectivity index (χ1) is 9.56. The third kappa shape index (κ3) is 3.13. The summed E-state index contributed by atoms with van der Waals surface area (Å²) in [5, 5.41) is 11.8. The van der Waals surface area contributed by atoms with Gasteiger partial charge in [-0.05, 0) is 46.9 Å². The molecular formula is C14H18Br2N4. The number of rotatable bonds is 5. The summed E-state index contributed by atoms with van der Waals surface area (Å²) in [4.78, 5) is 0. The molecule has 108 valence electrons. The van der Waals surface area contributed by atoms with Gasteiger partial charge in [-0.15, -0.1) is 5.10 Å². The Bertz CT molecular complexity index is 575. The Labute approximate surface area is 136 Å². The molecular weight excluding hydrogens is 384 g/mol. The first kappa shape index (κ1) is 15.7. The Morgan fingerprint density at radius 2 is 2.10 bits per heavy atom. The fraction of sp³-hybridized carbons (Fsp3) is 0.429. The zero-order chi connectivity index (χ0) is 14.7. The summed E-state index contributed by atoms with van der Waals surface area (Å²) in [5.41, 5.74) is 3.45. The molecule has 1 aromatic heterocycles. The summed E-state index contributed by atoms with van der Waals surface area (Å²) >= 11 is 7.20. The van der Waals surface area contributed by atoms with E-state index in [1.165, 1.54) is 11.1 Å². The van der Waals surface area contributed by atoms with Gasteiger partial charge in [0.15, 0.2) is 4.60 Å². The van der Waals surface area contributed by atoms with Crippen molar-refractivity contribution in [3.63, 3.8) is 0 Å². The predicted molar refractivity (Wildman–Crippen MR) is 87.7 cm³/mol. The quantitative estimate of drug-likeness (QED) is 0.829. The lowest BCUT2D eigenvalue weighted by molar-refractivity contribution is 0.548. The molecule has 0 radical (unpaired) electrons. The van der Waals surface area contributed by atoms with Crippen LogP contribution in [0.25, 0.3) is 0 Å². The lowest BCUT2D eigenvalue weighted by Crippen LogP contribution is -2.26. The fourth-order valence-electron chi connectivity index (χ4n) is 2.18. The molecule has 1 N–H and O–H groups in total. The van der Waals surface area contributed by atoms with Crippen molar-refractivity contribution in [2.45, 2.75) is 26.3 Å². The Hall–Kier alpha value is -0.720. The maximum atomic E-state index is 4.10. The van der Waals surface area contributed by atoms with Crippen molar-refractivity contribution in [3.05, 3.63) is 44.1 Å². The van der Waals surface area contributed by atoms with E-state index in [9.17, 15) is 0 Å². The van der Waals surface area contributed by atoms with E-state index >= 15 is 0 Å². The second-order valence-electron chi connectivity index (χ2n) is 4.75. The maximum absolute atomic E-state index is 4.10. The maximum Gasteiger partial charge on any atom is 0.153 e. The van der Waals surface area contributed by atoms with Crippen LogP contribution in [0.15, 0.2) is 27.3 Å². The van der Waals surface area contributed by atoms with Gasteiger partial charge in [0, 0.05) is 11.5 Å². The molecule has 0 fully saturated rings. The molecule has 6 heteroatoms. The first-order valence-corrected chi connectivity index (χ1v) is 8.18. The van der Waals surface area contributed by atoms with Crippen LogP contribution in [-0.4, -0.2) is 21.5 Å². The number of benzene rings is 1. The average Bonchev–Trinajstić information content (AvgIpc) is 2.75. The monoisotopic (exact) mass is 400 g/mol. The number of hydrogen-bond donors (Lipinski definition) is 1. The summed E-state index contributed by atoms with van der Waals surface area (Å²) in [6.07, 6.45) is 1.07. The molecule has 1 unspecified atom stereocenters. The van der Waals surface area contributed by atoms with Crippen molar-refractivity contribution >= 4 is 31.9 Å². The topological polar surface area (TPSA) is 42.7 Å². The van der Waals surface area contributed by atoms with Crippen molar-refractivity contribution in [2.24, 2.45) is 7.05 Å².